The summed E-state index contributed by atoms with van der Waals surface area (Å²) < 4.78 is 16.3. The molecule has 2 fully saturated rings. The lowest BCUT2D eigenvalue weighted by molar-refractivity contribution is -0.158. The Morgan fingerprint density at radius 3 is 2.88 bits per heavy atom. The summed E-state index contributed by atoms with van der Waals surface area (Å²) in [6.45, 7) is 4.82. The molecule has 1 amide bonds. The molecule has 6 heteroatoms. The fourth-order valence-corrected chi connectivity index (χ4v) is 4.06. The van der Waals surface area contributed by atoms with Crippen molar-refractivity contribution in [3.63, 3.8) is 0 Å². The minimum Gasteiger partial charge on any atom is -0.494 e. The molecule has 1 saturated heterocycles. The van der Waals surface area contributed by atoms with Gasteiger partial charge in [0.2, 0.25) is 0 Å². The number of hydrogen-bond donors (Lipinski definition) is 0. The average Bonchev–Trinajstić information content (AvgIpc) is 2.90. The molecule has 1 aromatic carbocycles. The molecule has 25 heavy (non-hydrogen) atoms. The monoisotopic (exact) mass is 347 g/mol. The molecule has 1 aromatic rings. The summed E-state index contributed by atoms with van der Waals surface area (Å²) in [5.41, 5.74) is -0.505. The highest BCUT2D eigenvalue weighted by atomic mass is 16.6. The van der Waals surface area contributed by atoms with Crippen molar-refractivity contribution < 1.29 is 23.8 Å². The summed E-state index contributed by atoms with van der Waals surface area (Å²) in [5, 5.41) is 0. The molecule has 0 bridgehead atoms. The van der Waals surface area contributed by atoms with Crippen LogP contribution in [0.1, 0.15) is 39.5 Å². The van der Waals surface area contributed by atoms with Gasteiger partial charge in [0, 0.05) is 12.5 Å². The number of hydrogen-bond acceptors (Lipinski definition) is 5. The first-order valence-electron chi connectivity index (χ1n) is 8.73. The minimum atomic E-state index is -0.639. The van der Waals surface area contributed by atoms with Crippen LogP contribution in [0.15, 0.2) is 24.3 Å². The van der Waals surface area contributed by atoms with Crippen molar-refractivity contribution in [2.75, 3.05) is 25.2 Å². The van der Waals surface area contributed by atoms with E-state index in [9.17, 15) is 9.59 Å². The van der Waals surface area contributed by atoms with Gasteiger partial charge >= 0.3 is 12.1 Å². The van der Waals surface area contributed by atoms with E-state index >= 15 is 0 Å². The third kappa shape index (κ3) is 3.30. The van der Waals surface area contributed by atoms with Crippen LogP contribution in [0, 0.1) is 5.41 Å². The highest BCUT2D eigenvalue weighted by Gasteiger charge is 2.54. The highest BCUT2D eigenvalue weighted by molar-refractivity contribution is 5.90. The maximum Gasteiger partial charge on any atom is 0.415 e. The van der Waals surface area contributed by atoms with Crippen LogP contribution in [0.2, 0.25) is 0 Å². The van der Waals surface area contributed by atoms with Gasteiger partial charge < -0.3 is 14.2 Å². The second kappa shape index (κ2) is 6.58. The SMILES string of the molecule is CCOc1cccc(N2CC3(CCC[C@](C)(C(=O)OC)C3)OC2=O)c1. The molecular weight excluding hydrogens is 322 g/mol. The Labute approximate surface area is 148 Å². The van der Waals surface area contributed by atoms with E-state index < -0.39 is 11.0 Å². The standard InChI is InChI=1S/C19H25NO5/c1-4-24-15-8-5-7-14(11-15)20-13-19(25-17(20)22)10-6-9-18(2,12-19)16(21)23-3/h5,7-8,11H,4,6,9-10,12-13H2,1-3H3/t18-,19?/m0/s1. The van der Waals surface area contributed by atoms with E-state index in [0.717, 1.165) is 30.7 Å². The molecule has 1 aliphatic heterocycles. The number of carbonyl (C=O) groups is 2. The Kier molecular flexibility index (Phi) is 4.62. The van der Waals surface area contributed by atoms with E-state index in [1.54, 1.807) is 4.90 Å². The first kappa shape index (κ1) is 17.6. The zero-order valence-electron chi connectivity index (χ0n) is 15.0. The maximum absolute atomic E-state index is 12.5. The van der Waals surface area contributed by atoms with Crippen molar-refractivity contribution in [3.05, 3.63) is 24.3 Å². The van der Waals surface area contributed by atoms with Crippen LogP contribution in [-0.2, 0) is 14.3 Å². The molecule has 6 nitrogen and oxygen atoms in total. The fraction of sp³-hybridized carbons (Fsp3) is 0.579. The predicted molar refractivity (Wildman–Crippen MR) is 92.8 cm³/mol. The van der Waals surface area contributed by atoms with Gasteiger partial charge in [0.1, 0.15) is 11.4 Å². The summed E-state index contributed by atoms with van der Waals surface area (Å²) >= 11 is 0. The number of methoxy groups -OCH3 is 1. The third-order valence-electron chi connectivity index (χ3n) is 5.16. The van der Waals surface area contributed by atoms with E-state index in [-0.39, 0.29) is 12.1 Å². The second-order valence-corrected chi connectivity index (χ2v) is 7.15. The topological polar surface area (TPSA) is 65.1 Å². The van der Waals surface area contributed by atoms with E-state index in [0.29, 0.717) is 19.6 Å². The van der Waals surface area contributed by atoms with Crippen LogP contribution in [0.5, 0.6) is 5.75 Å². The molecule has 3 rings (SSSR count). The van der Waals surface area contributed by atoms with Crippen LogP contribution in [0.3, 0.4) is 0 Å². The number of rotatable bonds is 4. The summed E-state index contributed by atoms with van der Waals surface area (Å²) in [6, 6.07) is 7.42. The molecule has 1 aliphatic carbocycles. The number of carbonyl (C=O) groups excluding carboxylic acids is 2. The summed E-state index contributed by atoms with van der Waals surface area (Å²) in [5.74, 6) is 0.483. The predicted octanol–water partition coefficient (Wildman–Crippen LogP) is 3.53. The van der Waals surface area contributed by atoms with Crippen LogP contribution >= 0.6 is 0 Å². The third-order valence-corrected chi connectivity index (χ3v) is 5.16. The zero-order chi connectivity index (χ0) is 18.1. The van der Waals surface area contributed by atoms with Gasteiger partial charge in [-0.15, -0.1) is 0 Å². The summed E-state index contributed by atoms with van der Waals surface area (Å²) in [4.78, 5) is 26.3. The van der Waals surface area contributed by atoms with Crippen molar-refractivity contribution >= 4 is 17.7 Å². The summed E-state index contributed by atoms with van der Waals surface area (Å²) in [6.07, 6.45) is 2.44. The fourth-order valence-electron chi connectivity index (χ4n) is 4.06. The Morgan fingerprint density at radius 1 is 1.36 bits per heavy atom. The molecule has 1 spiro atoms. The van der Waals surface area contributed by atoms with Gasteiger partial charge in [-0.1, -0.05) is 6.07 Å². The molecule has 2 aliphatic rings. The van der Waals surface area contributed by atoms with Gasteiger partial charge in [-0.3, -0.25) is 9.69 Å². The number of ether oxygens (including phenoxy) is 3. The van der Waals surface area contributed by atoms with Crippen LogP contribution in [0.25, 0.3) is 0 Å². The first-order valence-corrected chi connectivity index (χ1v) is 8.73. The van der Waals surface area contributed by atoms with E-state index in [1.165, 1.54) is 7.11 Å². The Hall–Kier alpha value is -2.24. The Balaban J connectivity index is 1.82. The number of anilines is 1. The van der Waals surface area contributed by atoms with Crippen molar-refractivity contribution in [1.82, 2.24) is 0 Å². The van der Waals surface area contributed by atoms with E-state index in [2.05, 4.69) is 0 Å². The zero-order valence-corrected chi connectivity index (χ0v) is 15.0. The minimum absolute atomic E-state index is 0.237. The molecule has 0 N–H and O–H groups in total. The Bertz CT molecular complexity index is 676. The average molecular weight is 347 g/mol. The Morgan fingerprint density at radius 2 is 2.16 bits per heavy atom. The number of benzene rings is 1. The molecule has 1 unspecified atom stereocenters. The van der Waals surface area contributed by atoms with Crippen molar-refractivity contribution in [1.29, 1.82) is 0 Å². The van der Waals surface area contributed by atoms with Crippen LogP contribution in [-0.4, -0.2) is 37.9 Å². The molecule has 0 radical (unpaired) electrons. The van der Waals surface area contributed by atoms with Gasteiger partial charge in [0.15, 0.2) is 0 Å². The largest absolute Gasteiger partial charge is 0.494 e. The lowest BCUT2D eigenvalue weighted by Gasteiger charge is -2.40. The van der Waals surface area contributed by atoms with Gasteiger partial charge in [-0.25, -0.2) is 4.79 Å². The molecular formula is C19H25NO5. The normalized spacial score (nSPS) is 28.8. The van der Waals surface area contributed by atoms with Crippen LogP contribution in [0.4, 0.5) is 10.5 Å². The number of nitrogens with zero attached hydrogens (tertiary/aromatic N) is 1. The maximum atomic E-state index is 12.5. The van der Waals surface area contributed by atoms with Gasteiger partial charge in [0.05, 0.1) is 31.4 Å². The van der Waals surface area contributed by atoms with Gasteiger partial charge in [-0.2, -0.15) is 0 Å². The molecule has 0 aromatic heterocycles. The first-order chi connectivity index (χ1) is 11.9. The van der Waals surface area contributed by atoms with Crippen LogP contribution < -0.4 is 9.64 Å². The molecule has 2 atom stereocenters. The quantitative estimate of drug-likeness (QED) is 0.780. The summed E-state index contributed by atoms with van der Waals surface area (Å²) in [7, 11) is 1.40. The van der Waals surface area contributed by atoms with E-state index in [1.807, 2.05) is 38.1 Å². The van der Waals surface area contributed by atoms with Crippen molar-refractivity contribution in [2.24, 2.45) is 5.41 Å². The van der Waals surface area contributed by atoms with Gasteiger partial charge in [-0.05, 0) is 45.2 Å². The number of esters is 1. The molecule has 1 saturated carbocycles. The van der Waals surface area contributed by atoms with Crippen molar-refractivity contribution in [3.8, 4) is 5.75 Å². The lowest BCUT2D eigenvalue weighted by Crippen LogP contribution is -2.47. The van der Waals surface area contributed by atoms with Crippen molar-refractivity contribution in [2.45, 2.75) is 45.1 Å². The second-order valence-electron chi connectivity index (χ2n) is 7.15. The lowest BCUT2D eigenvalue weighted by atomic mass is 9.68. The number of amides is 1. The smallest absolute Gasteiger partial charge is 0.415 e. The molecule has 1 heterocycles. The highest BCUT2D eigenvalue weighted by Crippen LogP contribution is 2.47. The molecule has 136 valence electrons. The van der Waals surface area contributed by atoms with E-state index in [4.69, 9.17) is 14.2 Å². The van der Waals surface area contributed by atoms with Gasteiger partial charge in [0.25, 0.3) is 0 Å².